The van der Waals surface area contributed by atoms with Gasteiger partial charge in [0.1, 0.15) is 12.2 Å². The molecular formula is C17H15N3O5. The molecule has 0 N–H and O–H groups in total. The Labute approximate surface area is 142 Å². The average Bonchev–Trinajstić information content (AvgIpc) is 3.02. The maximum Gasteiger partial charge on any atom is 0.341 e. The Morgan fingerprint density at radius 1 is 1.36 bits per heavy atom. The number of ether oxygens (including phenoxy) is 2. The van der Waals surface area contributed by atoms with Gasteiger partial charge in [-0.2, -0.15) is 0 Å². The number of nitrogens with zero attached hydrogens (tertiary/aromatic N) is 3. The molecule has 0 amide bonds. The zero-order valence-electron chi connectivity index (χ0n) is 13.6. The molecule has 0 unspecified atom stereocenters. The van der Waals surface area contributed by atoms with Gasteiger partial charge in [-0.15, -0.1) is 0 Å². The normalized spacial score (nSPS) is 10.6. The molecular weight excluding hydrogens is 326 g/mol. The fraction of sp³-hybridized carbons (Fsp3) is 0.176. The number of esters is 1. The van der Waals surface area contributed by atoms with Gasteiger partial charge < -0.3 is 13.9 Å². The van der Waals surface area contributed by atoms with Gasteiger partial charge in [-0.3, -0.25) is 10.1 Å². The van der Waals surface area contributed by atoms with E-state index in [9.17, 15) is 14.9 Å². The van der Waals surface area contributed by atoms with Crippen LogP contribution in [0.5, 0.6) is 5.75 Å². The van der Waals surface area contributed by atoms with Gasteiger partial charge in [0.25, 0.3) is 0 Å². The fourth-order valence-electron chi connectivity index (χ4n) is 2.45. The highest BCUT2D eigenvalue weighted by Crippen LogP contribution is 2.28. The third-order valence-electron chi connectivity index (χ3n) is 3.62. The lowest BCUT2D eigenvalue weighted by atomic mass is 10.2. The molecule has 0 aliphatic rings. The number of rotatable bonds is 5. The molecule has 8 heteroatoms. The van der Waals surface area contributed by atoms with Crippen molar-refractivity contribution in [3.8, 4) is 5.75 Å². The first-order valence-corrected chi connectivity index (χ1v) is 7.42. The summed E-state index contributed by atoms with van der Waals surface area (Å²) in [5.74, 6) is -0.321. The number of benzene rings is 1. The Morgan fingerprint density at radius 2 is 2.16 bits per heavy atom. The Bertz CT molecular complexity index is 964. The molecule has 25 heavy (non-hydrogen) atoms. The SMILES string of the molecule is COC(=O)c1cccn2cc(COc3ccc(C)cc3[N+](=O)[O-])nc12. The molecule has 2 aromatic heterocycles. The summed E-state index contributed by atoms with van der Waals surface area (Å²) in [7, 11) is 1.30. The van der Waals surface area contributed by atoms with Gasteiger partial charge in [0.2, 0.25) is 0 Å². The minimum atomic E-state index is -0.488. The van der Waals surface area contributed by atoms with E-state index in [1.807, 2.05) is 0 Å². The summed E-state index contributed by atoms with van der Waals surface area (Å²) in [4.78, 5) is 26.8. The van der Waals surface area contributed by atoms with Gasteiger partial charge in [0.15, 0.2) is 11.4 Å². The van der Waals surface area contributed by atoms with Crippen LogP contribution in [-0.4, -0.2) is 27.4 Å². The minimum Gasteiger partial charge on any atom is -0.480 e. The second-order valence-corrected chi connectivity index (χ2v) is 5.39. The van der Waals surface area contributed by atoms with E-state index < -0.39 is 10.9 Å². The van der Waals surface area contributed by atoms with E-state index in [1.165, 1.54) is 13.2 Å². The van der Waals surface area contributed by atoms with E-state index in [1.54, 1.807) is 48.0 Å². The van der Waals surface area contributed by atoms with Crippen LogP contribution in [0.15, 0.2) is 42.7 Å². The topological polar surface area (TPSA) is 96.0 Å². The number of imidazole rings is 1. The van der Waals surface area contributed by atoms with E-state index >= 15 is 0 Å². The molecule has 8 nitrogen and oxygen atoms in total. The quantitative estimate of drug-likeness (QED) is 0.402. The van der Waals surface area contributed by atoms with Gasteiger partial charge in [-0.05, 0) is 30.7 Å². The number of aryl methyl sites for hydroxylation is 1. The second kappa shape index (κ2) is 6.60. The molecule has 0 aliphatic heterocycles. The van der Waals surface area contributed by atoms with Crippen LogP contribution in [0.25, 0.3) is 5.65 Å². The van der Waals surface area contributed by atoms with Crippen molar-refractivity contribution in [2.45, 2.75) is 13.5 Å². The van der Waals surface area contributed by atoms with Crippen molar-refractivity contribution >= 4 is 17.3 Å². The number of pyridine rings is 1. The smallest absolute Gasteiger partial charge is 0.341 e. The van der Waals surface area contributed by atoms with Gasteiger partial charge in [-0.1, -0.05) is 6.07 Å². The lowest BCUT2D eigenvalue weighted by molar-refractivity contribution is -0.386. The van der Waals surface area contributed by atoms with Gasteiger partial charge in [0, 0.05) is 18.5 Å². The summed E-state index contributed by atoms with van der Waals surface area (Å²) in [6.45, 7) is 1.80. The van der Waals surface area contributed by atoms with Crippen LogP contribution < -0.4 is 4.74 Å². The predicted octanol–water partition coefficient (Wildman–Crippen LogP) is 2.92. The number of aromatic nitrogens is 2. The molecule has 1 aromatic carbocycles. The first-order chi connectivity index (χ1) is 12.0. The molecule has 0 atom stereocenters. The van der Waals surface area contributed by atoms with Crippen molar-refractivity contribution in [1.82, 2.24) is 9.38 Å². The van der Waals surface area contributed by atoms with E-state index in [0.717, 1.165) is 5.56 Å². The van der Waals surface area contributed by atoms with E-state index in [0.29, 0.717) is 16.9 Å². The molecule has 0 saturated heterocycles. The Kier molecular flexibility index (Phi) is 4.34. The van der Waals surface area contributed by atoms with Gasteiger partial charge in [0.05, 0.1) is 17.7 Å². The summed E-state index contributed by atoms with van der Waals surface area (Å²) in [6.07, 6.45) is 3.44. The van der Waals surface area contributed by atoms with Crippen molar-refractivity contribution in [2.75, 3.05) is 7.11 Å². The number of methoxy groups -OCH3 is 1. The standard InChI is InChI=1S/C17H15N3O5/c1-11-5-6-15(14(8-11)20(22)23)25-10-12-9-19-7-3-4-13(16(19)18-12)17(21)24-2/h3-9H,10H2,1-2H3. The third kappa shape index (κ3) is 3.27. The number of nitro benzene ring substituents is 1. The number of carbonyl (C=O) groups is 1. The zero-order valence-corrected chi connectivity index (χ0v) is 13.6. The summed E-state index contributed by atoms with van der Waals surface area (Å²) in [6, 6.07) is 8.07. The fourth-order valence-corrected chi connectivity index (χ4v) is 2.45. The van der Waals surface area contributed by atoms with Crippen molar-refractivity contribution < 1.29 is 19.2 Å². The molecule has 0 spiro atoms. The Hall–Kier alpha value is -3.42. The van der Waals surface area contributed by atoms with Crippen LogP contribution in [0.1, 0.15) is 21.6 Å². The first kappa shape index (κ1) is 16.4. The highest BCUT2D eigenvalue weighted by atomic mass is 16.6. The Morgan fingerprint density at radius 3 is 2.88 bits per heavy atom. The van der Waals surface area contributed by atoms with E-state index in [-0.39, 0.29) is 18.0 Å². The minimum absolute atomic E-state index is 0.0339. The molecule has 3 rings (SSSR count). The van der Waals surface area contributed by atoms with Gasteiger partial charge >= 0.3 is 11.7 Å². The Balaban J connectivity index is 1.88. The highest BCUT2D eigenvalue weighted by Gasteiger charge is 2.17. The molecule has 128 valence electrons. The van der Waals surface area contributed by atoms with Crippen LogP contribution in [0.4, 0.5) is 5.69 Å². The van der Waals surface area contributed by atoms with Crippen molar-refractivity contribution in [1.29, 1.82) is 0 Å². The van der Waals surface area contributed by atoms with Crippen LogP contribution >= 0.6 is 0 Å². The molecule has 0 aliphatic carbocycles. The predicted molar refractivity (Wildman–Crippen MR) is 88.7 cm³/mol. The maximum absolute atomic E-state index is 11.8. The zero-order chi connectivity index (χ0) is 18.0. The summed E-state index contributed by atoms with van der Waals surface area (Å²) in [5, 5.41) is 11.1. The average molecular weight is 341 g/mol. The van der Waals surface area contributed by atoms with Crippen LogP contribution in [0.2, 0.25) is 0 Å². The lowest BCUT2D eigenvalue weighted by Crippen LogP contribution is -2.04. The number of fused-ring (bicyclic) bond motifs is 1. The number of hydrogen-bond donors (Lipinski definition) is 0. The monoisotopic (exact) mass is 341 g/mol. The van der Waals surface area contributed by atoms with E-state index in [4.69, 9.17) is 9.47 Å². The molecule has 2 heterocycles. The van der Waals surface area contributed by atoms with Crippen molar-refractivity contribution in [3.63, 3.8) is 0 Å². The molecule has 0 bridgehead atoms. The number of carbonyl (C=O) groups excluding carboxylic acids is 1. The summed E-state index contributed by atoms with van der Waals surface area (Å²) >= 11 is 0. The molecule has 3 aromatic rings. The van der Waals surface area contributed by atoms with Crippen molar-refractivity contribution in [3.05, 3.63) is 69.7 Å². The summed E-state index contributed by atoms with van der Waals surface area (Å²) in [5.41, 5.74) is 1.98. The van der Waals surface area contributed by atoms with Crippen LogP contribution in [-0.2, 0) is 11.3 Å². The third-order valence-corrected chi connectivity index (χ3v) is 3.62. The van der Waals surface area contributed by atoms with Crippen molar-refractivity contribution in [2.24, 2.45) is 0 Å². The lowest BCUT2D eigenvalue weighted by Gasteiger charge is -2.05. The molecule has 0 radical (unpaired) electrons. The number of hydrogen-bond acceptors (Lipinski definition) is 6. The van der Waals surface area contributed by atoms with Crippen LogP contribution in [0.3, 0.4) is 0 Å². The van der Waals surface area contributed by atoms with E-state index in [2.05, 4.69) is 4.98 Å². The summed E-state index contributed by atoms with van der Waals surface area (Å²) < 4.78 is 12.0. The maximum atomic E-state index is 11.8. The largest absolute Gasteiger partial charge is 0.480 e. The molecule has 0 saturated carbocycles. The second-order valence-electron chi connectivity index (χ2n) is 5.39. The van der Waals surface area contributed by atoms with Crippen LogP contribution in [0, 0.1) is 17.0 Å². The van der Waals surface area contributed by atoms with Gasteiger partial charge in [-0.25, -0.2) is 9.78 Å². The number of nitro groups is 1. The molecule has 0 fully saturated rings. The first-order valence-electron chi connectivity index (χ1n) is 7.42. The highest BCUT2D eigenvalue weighted by molar-refractivity contribution is 5.95.